The van der Waals surface area contributed by atoms with E-state index in [4.69, 9.17) is 0 Å². The van der Waals surface area contributed by atoms with Gasteiger partial charge in [-0.15, -0.1) is 0 Å². The van der Waals surface area contributed by atoms with Crippen LogP contribution in [-0.2, 0) is 0 Å². The van der Waals surface area contributed by atoms with Gasteiger partial charge in [0, 0.05) is 12.1 Å². The Morgan fingerprint density at radius 2 is 1.50 bits per heavy atom. The van der Waals surface area contributed by atoms with Crippen LogP contribution in [0.4, 0.5) is 0 Å². The lowest BCUT2D eigenvalue weighted by atomic mass is 10.1. The Labute approximate surface area is 67.0 Å². The molecule has 10 heavy (non-hydrogen) atoms. The molecule has 0 unspecified atom stereocenters. The van der Waals surface area contributed by atoms with Crippen LogP contribution in [0.15, 0.2) is 0 Å². The van der Waals surface area contributed by atoms with E-state index >= 15 is 0 Å². The number of thioether (sulfide) groups is 1. The van der Waals surface area contributed by atoms with Crippen molar-refractivity contribution in [3.63, 3.8) is 0 Å². The van der Waals surface area contributed by atoms with Gasteiger partial charge in [0.25, 0.3) is 0 Å². The third-order valence-corrected chi connectivity index (χ3v) is 3.32. The van der Waals surface area contributed by atoms with Crippen molar-refractivity contribution in [2.45, 2.75) is 37.8 Å². The molecule has 0 amide bonds. The summed E-state index contributed by atoms with van der Waals surface area (Å²) in [7, 11) is 0. The normalized spacial score (nSPS) is 28.8. The van der Waals surface area contributed by atoms with Crippen molar-refractivity contribution in [1.82, 2.24) is 5.32 Å². The Balaban J connectivity index is 1.69. The topological polar surface area (TPSA) is 12.0 Å². The molecule has 0 spiro atoms. The van der Waals surface area contributed by atoms with Gasteiger partial charge in [0.05, 0.1) is 0 Å². The van der Waals surface area contributed by atoms with Crippen molar-refractivity contribution in [3.8, 4) is 0 Å². The summed E-state index contributed by atoms with van der Waals surface area (Å²) in [5, 5.41) is 3.68. The highest BCUT2D eigenvalue weighted by Gasteiger charge is 2.25. The van der Waals surface area contributed by atoms with Crippen LogP contribution in [0.3, 0.4) is 0 Å². The average molecular weight is 157 g/mol. The van der Waals surface area contributed by atoms with Crippen molar-refractivity contribution in [2.75, 3.05) is 11.5 Å². The molecular weight excluding hydrogens is 142 g/mol. The number of rotatable bonds is 2. The smallest absolute Gasteiger partial charge is 0.00853 e. The van der Waals surface area contributed by atoms with Crippen LogP contribution in [0, 0.1) is 0 Å². The van der Waals surface area contributed by atoms with E-state index in [9.17, 15) is 0 Å². The maximum Gasteiger partial charge on any atom is 0.00853 e. The lowest BCUT2D eigenvalue weighted by Crippen LogP contribution is -2.33. The third-order valence-electron chi connectivity index (χ3n) is 2.27. The summed E-state index contributed by atoms with van der Waals surface area (Å²) in [5.74, 6) is 2.76. The first-order valence-electron chi connectivity index (χ1n) is 4.29. The molecule has 0 atom stereocenters. The highest BCUT2D eigenvalue weighted by molar-refractivity contribution is 7.99. The lowest BCUT2D eigenvalue weighted by molar-refractivity contribution is 0.480. The molecule has 1 saturated heterocycles. The molecule has 1 heterocycles. The summed E-state index contributed by atoms with van der Waals surface area (Å²) in [6, 6.07) is 1.78. The standard InChI is InChI=1S/C8H15NS/c1-2-7(1)9-8-3-5-10-6-4-8/h7-9H,1-6H2. The molecule has 2 rings (SSSR count). The zero-order valence-corrected chi connectivity index (χ0v) is 7.12. The monoisotopic (exact) mass is 157 g/mol. The maximum atomic E-state index is 3.68. The van der Waals surface area contributed by atoms with E-state index in [1.807, 2.05) is 0 Å². The van der Waals surface area contributed by atoms with Crippen LogP contribution in [0.1, 0.15) is 25.7 Å². The highest BCUT2D eigenvalue weighted by Crippen LogP contribution is 2.23. The summed E-state index contributed by atoms with van der Waals surface area (Å²) in [6.07, 6.45) is 5.68. The predicted molar refractivity (Wildman–Crippen MR) is 46.5 cm³/mol. The van der Waals surface area contributed by atoms with Crippen molar-refractivity contribution < 1.29 is 0 Å². The van der Waals surface area contributed by atoms with Crippen molar-refractivity contribution in [1.29, 1.82) is 0 Å². The zero-order chi connectivity index (χ0) is 6.81. The minimum absolute atomic E-state index is 0.869. The molecule has 2 heteroatoms. The fourth-order valence-corrected chi connectivity index (χ4v) is 2.55. The number of nitrogens with one attached hydrogen (secondary N) is 1. The van der Waals surface area contributed by atoms with E-state index in [1.54, 1.807) is 0 Å². The van der Waals surface area contributed by atoms with Crippen molar-refractivity contribution in [3.05, 3.63) is 0 Å². The minimum Gasteiger partial charge on any atom is -0.311 e. The molecule has 0 aromatic rings. The van der Waals surface area contributed by atoms with Gasteiger partial charge in [0.15, 0.2) is 0 Å². The second-order valence-electron chi connectivity index (χ2n) is 3.33. The van der Waals surface area contributed by atoms with Crippen LogP contribution in [0.25, 0.3) is 0 Å². The molecule has 1 nitrogen and oxygen atoms in total. The van der Waals surface area contributed by atoms with E-state index in [2.05, 4.69) is 17.1 Å². The summed E-state index contributed by atoms with van der Waals surface area (Å²) < 4.78 is 0. The zero-order valence-electron chi connectivity index (χ0n) is 6.31. The van der Waals surface area contributed by atoms with Crippen molar-refractivity contribution >= 4 is 11.8 Å². The molecule has 1 aliphatic heterocycles. The highest BCUT2D eigenvalue weighted by atomic mass is 32.2. The van der Waals surface area contributed by atoms with Gasteiger partial charge in [0.1, 0.15) is 0 Å². The van der Waals surface area contributed by atoms with Gasteiger partial charge in [-0.1, -0.05) is 0 Å². The lowest BCUT2D eigenvalue weighted by Gasteiger charge is -2.22. The largest absolute Gasteiger partial charge is 0.311 e. The first-order chi connectivity index (χ1) is 4.95. The van der Waals surface area contributed by atoms with Gasteiger partial charge < -0.3 is 5.32 Å². The Morgan fingerprint density at radius 3 is 2.10 bits per heavy atom. The second-order valence-corrected chi connectivity index (χ2v) is 4.55. The molecule has 0 aromatic carbocycles. The maximum absolute atomic E-state index is 3.68. The van der Waals surface area contributed by atoms with E-state index in [0.717, 1.165) is 12.1 Å². The van der Waals surface area contributed by atoms with Gasteiger partial charge in [0.2, 0.25) is 0 Å². The summed E-state index contributed by atoms with van der Waals surface area (Å²) in [5.41, 5.74) is 0. The van der Waals surface area contributed by atoms with Gasteiger partial charge in [-0.2, -0.15) is 11.8 Å². The first-order valence-corrected chi connectivity index (χ1v) is 5.44. The molecule has 58 valence electrons. The van der Waals surface area contributed by atoms with Crippen LogP contribution in [0.5, 0.6) is 0 Å². The third kappa shape index (κ3) is 1.89. The molecular formula is C8H15NS. The Morgan fingerprint density at radius 1 is 0.900 bits per heavy atom. The van der Waals surface area contributed by atoms with E-state index < -0.39 is 0 Å². The first kappa shape index (κ1) is 6.99. The molecule has 1 saturated carbocycles. The molecule has 2 aliphatic rings. The minimum atomic E-state index is 0.869. The van der Waals surface area contributed by atoms with E-state index in [1.165, 1.54) is 37.2 Å². The van der Waals surface area contributed by atoms with Crippen molar-refractivity contribution in [2.24, 2.45) is 0 Å². The average Bonchev–Trinajstić information content (AvgIpc) is 2.74. The molecule has 1 aliphatic carbocycles. The van der Waals surface area contributed by atoms with Crippen LogP contribution < -0.4 is 5.32 Å². The number of hydrogen-bond acceptors (Lipinski definition) is 2. The fourth-order valence-electron chi connectivity index (χ4n) is 1.45. The summed E-state index contributed by atoms with van der Waals surface area (Å²) in [6.45, 7) is 0. The molecule has 0 bridgehead atoms. The van der Waals surface area contributed by atoms with E-state index in [-0.39, 0.29) is 0 Å². The quantitative estimate of drug-likeness (QED) is 0.654. The van der Waals surface area contributed by atoms with Crippen LogP contribution in [-0.4, -0.2) is 23.6 Å². The molecule has 0 radical (unpaired) electrons. The predicted octanol–water partition coefficient (Wildman–Crippen LogP) is 1.63. The van der Waals surface area contributed by atoms with Gasteiger partial charge in [-0.3, -0.25) is 0 Å². The van der Waals surface area contributed by atoms with Crippen LogP contribution in [0.2, 0.25) is 0 Å². The van der Waals surface area contributed by atoms with Gasteiger partial charge in [-0.25, -0.2) is 0 Å². The molecule has 0 aromatic heterocycles. The second kappa shape index (κ2) is 3.14. The summed E-state index contributed by atoms with van der Waals surface area (Å²) in [4.78, 5) is 0. The van der Waals surface area contributed by atoms with Gasteiger partial charge >= 0.3 is 0 Å². The molecule has 1 N–H and O–H groups in total. The fraction of sp³-hybridized carbons (Fsp3) is 1.00. The SMILES string of the molecule is C1CC(NC2CC2)CCS1. The number of hydrogen-bond donors (Lipinski definition) is 1. The Hall–Kier alpha value is 0.310. The van der Waals surface area contributed by atoms with Crippen LogP contribution >= 0.6 is 11.8 Å². The Bertz CT molecular complexity index is 106. The summed E-state index contributed by atoms with van der Waals surface area (Å²) >= 11 is 2.11. The van der Waals surface area contributed by atoms with E-state index in [0.29, 0.717) is 0 Å². The Kier molecular flexibility index (Phi) is 2.19. The molecule has 2 fully saturated rings. The van der Waals surface area contributed by atoms with Gasteiger partial charge in [-0.05, 0) is 37.2 Å².